The van der Waals surface area contributed by atoms with Crippen LogP contribution < -0.4 is 0 Å². The molecule has 1 aliphatic rings. The van der Waals surface area contributed by atoms with E-state index in [4.69, 9.17) is 13.3 Å². The molecule has 6 heteroatoms. The average Bonchev–Trinajstić information content (AvgIpc) is 2.83. The molecule has 0 aromatic heterocycles. The summed E-state index contributed by atoms with van der Waals surface area (Å²) in [4.78, 5) is 5.13. The first-order chi connectivity index (χ1) is 9.62. The number of hydrogen-bond acceptors (Lipinski definition) is 5. The zero-order chi connectivity index (χ0) is 15.0. The Bertz CT molecular complexity index is 257. The monoisotopic (exact) mass is 304 g/mol. The molecule has 120 valence electrons. The van der Waals surface area contributed by atoms with Gasteiger partial charge in [-0.3, -0.25) is 9.80 Å². The van der Waals surface area contributed by atoms with Crippen molar-refractivity contribution >= 4 is 8.80 Å². The third-order valence-electron chi connectivity index (χ3n) is 4.39. The molecular weight excluding hydrogens is 272 g/mol. The molecule has 1 fully saturated rings. The maximum absolute atomic E-state index is 5.47. The van der Waals surface area contributed by atoms with Gasteiger partial charge in [-0.2, -0.15) is 0 Å². The summed E-state index contributed by atoms with van der Waals surface area (Å²) in [5, 5.41) is 0. The first kappa shape index (κ1) is 18.1. The second-order valence-electron chi connectivity index (χ2n) is 5.46. The molecule has 1 aliphatic heterocycles. The van der Waals surface area contributed by atoms with E-state index in [1.807, 2.05) is 0 Å². The van der Waals surface area contributed by atoms with E-state index in [0.717, 1.165) is 19.0 Å². The Balaban J connectivity index is 2.32. The number of hydrogen-bond donors (Lipinski definition) is 0. The molecule has 1 rings (SSSR count). The van der Waals surface area contributed by atoms with E-state index in [1.165, 1.54) is 32.5 Å². The fraction of sp³-hybridized carbons (Fsp3) is 1.00. The minimum absolute atomic E-state index is 0.560. The Kier molecular flexibility index (Phi) is 8.24. The second-order valence-corrected chi connectivity index (χ2v) is 8.55. The van der Waals surface area contributed by atoms with Crippen molar-refractivity contribution in [2.24, 2.45) is 0 Å². The molecule has 1 heterocycles. The van der Waals surface area contributed by atoms with Gasteiger partial charge in [-0.05, 0) is 32.9 Å². The van der Waals surface area contributed by atoms with Gasteiger partial charge in [0.2, 0.25) is 0 Å². The lowest BCUT2D eigenvalue weighted by molar-refractivity contribution is 0.117. The van der Waals surface area contributed by atoms with E-state index in [2.05, 4.69) is 23.6 Å². The van der Waals surface area contributed by atoms with Crippen molar-refractivity contribution in [1.29, 1.82) is 0 Å². The van der Waals surface area contributed by atoms with Gasteiger partial charge in [-0.1, -0.05) is 13.3 Å². The van der Waals surface area contributed by atoms with Gasteiger partial charge in [-0.15, -0.1) is 0 Å². The van der Waals surface area contributed by atoms with Crippen LogP contribution in [0, 0.1) is 0 Å². The standard InChI is InChI=1S/C14H32N2O3Si/c1-6-7-9-15-11-12-16(14(15)2)10-8-13-20(17-3,18-4)19-5/h14H,6-13H2,1-5H3. The van der Waals surface area contributed by atoms with E-state index in [9.17, 15) is 0 Å². The molecule has 0 aliphatic carbocycles. The summed E-state index contributed by atoms with van der Waals surface area (Å²) in [5.41, 5.74) is 0. The number of unbranched alkanes of at least 4 members (excludes halogenated alkanes) is 1. The molecule has 1 unspecified atom stereocenters. The third kappa shape index (κ3) is 4.79. The summed E-state index contributed by atoms with van der Waals surface area (Å²) >= 11 is 0. The SMILES string of the molecule is CCCCN1CCN(CCC[Si](OC)(OC)OC)C1C. The number of nitrogens with zero attached hydrogens (tertiary/aromatic N) is 2. The summed E-state index contributed by atoms with van der Waals surface area (Å²) in [6, 6.07) is 0.884. The first-order valence-electron chi connectivity index (χ1n) is 7.76. The first-order valence-corrected chi connectivity index (χ1v) is 9.69. The van der Waals surface area contributed by atoms with Crippen LogP contribution in [0.5, 0.6) is 0 Å². The lowest BCUT2D eigenvalue weighted by Gasteiger charge is -2.28. The summed E-state index contributed by atoms with van der Waals surface area (Å²) in [6.07, 6.45) is 4.19. The van der Waals surface area contributed by atoms with Crippen LogP contribution in [0.4, 0.5) is 0 Å². The molecule has 0 radical (unpaired) electrons. The van der Waals surface area contributed by atoms with Gasteiger partial charge in [0.1, 0.15) is 0 Å². The molecule has 20 heavy (non-hydrogen) atoms. The highest BCUT2D eigenvalue weighted by Gasteiger charge is 2.37. The average molecular weight is 305 g/mol. The molecule has 0 aromatic carbocycles. The lowest BCUT2D eigenvalue weighted by Crippen LogP contribution is -2.44. The molecule has 0 aromatic rings. The van der Waals surface area contributed by atoms with E-state index in [-0.39, 0.29) is 0 Å². The van der Waals surface area contributed by atoms with Crippen molar-refractivity contribution in [3.8, 4) is 0 Å². The Hall–Kier alpha value is 0.0169. The van der Waals surface area contributed by atoms with Crippen molar-refractivity contribution in [3.05, 3.63) is 0 Å². The van der Waals surface area contributed by atoms with E-state index < -0.39 is 8.80 Å². The smallest absolute Gasteiger partial charge is 0.377 e. The second kappa shape index (κ2) is 9.12. The molecule has 1 saturated heterocycles. The largest absolute Gasteiger partial charge is 0.500 e. The van der Waals surface area contributed by atoms with Gasteiger partial charge >= 0.3 is 8.80 Å². The van der Waals surface area contributed by atoms with Gasteiger partial charge in [0.25, 0.3) is 0 Å². The molecule has 5 nitrogen and oxygen atoms in total. The van der Waals surface area contributed by atoms with Gasteiger partial charge in [-0.25, -0.2) is 0 Å². The highest BCUT2D eigenvalue weighted by molar-refractivity contribution is 6.60. The van der Waals surface area contributed by atoms with Crippen molar-refractivity contribution in [3.63, 3.8) is 0 Å². The minimum atomic E-state index is -2.39. The zero-order valence-electron chi connectivity index (χ0n) is 13.9. The maximum atomic E-state index is 5.47. The van der Waals surface area contributed by atoms with Crippen LogP contribution in [0.15, 0.2) is 0 Å². The van der Waals surface area contributed by atoms with Crippen LogP contribution in [0.2, 0.25) is 6.04 Å². The quantitative estimate of drug-likeness (QED) is 0.577. The van der Waals surface area contributed by atoms with Crippen LogP contribution in [-0.4, -0.2) is 72.3 Å². The molecule has 1 atom stereocenters. The Labute approximate surface area is 125 Å². The van der Waals surface area contributed by atoms with Gasteiger partial charge in [0.05, 0.1) is 6.17 Å². The van der Waals surface area contributed by atoms with E-state index >= 15 is 0 Å². The fourth-order valence-corrected chi connectivity index (χ4v) is 4.58. The highest BCUT2D eigenvalue weighted by atomic mass is 28.4. The van der Waals surface area contributed by atoms with Crippen molar-refractivity contribution in [2.45, 2.75) is 45.3 Å². The molecule has 0 N–H and O–H groups in total. The van der Waals surface area contributed by atoms with E-state index in [0.29, 0.717) is 6.17 Å². The Morgan fingerprint density at radius 3 is 1.90 bits per heavy atom. The van der Waals surface area contributed by atoms with Crippen molar-refractivity contribution in [2.75, 3.05) is 47.5 Å². The van der Waals surface area contributed by atoms with Gasteiger partial charge in [0.15, 0.2) is 0 Å². The number of rotatable bonds is 10. The minimum Gasteiger partial charge on any atom is -0.377 e. The molecule has 0 saturated carbocycles. The van der Waals surface area contributed by atoms with Crippen LogP contribution in [-0.2, 0) is 13.3 Å². The van der Waals surface area contributed by atoms with Crippen LogP contribution >= 0.6 is 0 Å². The van der Waals surface area contributed by atoms with Crippen LogP contribution in [0.3, 0.4) is 0 Å². The Morgan fingerprint density at radius 2 is 1.45 bits per heavy atom. The van der Waals surface area contributed by atoms with Gasteiger partial charge < -0.3 is 13.3 Å². The predicted octanol–water partition coefficient (Wildman–Crippen LogP) is 2.02. The molecule has 0 bridgehead atoms. The van der Waals surface area contributed by atoms with Gasteiger partial charge in [0, 0.05) is 40.5 Å². The lowest BCUT2D eigenvalue weighted by atomic mass is 10.3. The summed E-state index contributed by atoms with van der Waals surface area (Å²) < 4.78 is 16.4. The normalized spacial score (nSPS) is 21.8. The summed E-state index contributed by atoms with van der Waals surface area (Å²) in [6.45, 7) is 9.25. The van der Waals surface area contributed by atoms with Crippen LogP contribution in [0.25, 0.3) is 0 Å². The zero-order valence-corrected chi connectivity index (χ0v) is 14.9. The van der Waals surface area contributed by atoms with Crippen molar-refractivity contribution in [1.82, 2.24) is 9.80 Å². The Morgan fingerprint density at radius 1 is 0.950 bits per heavy atom. The topological polar surface area (TPSA) is 34.2 Å². The molecular formula is C14H32N2O3Si. The third-order valence-corrected chi connectivity index (χ3v) is 7.22. The highest BCUT2D eigenvalue weighted by Crippen LogP contribution is 2.19. The van der Waals surface area contributed by atoms with E-state index in [1.54, 1.807) is 21.3 Å². The summed E-state index contributed by atoms with van der Waals surface area (Å²) in [5.74, 6) is 0. The summed E-state index contributed by atoms with van der Waals surface area (Å²) in [7, 11) is 2.66. The van der Waals surface area contributed by atoms with Crippen LogP contribution in [0.1, 0.15) is 33.1 Å². The fourth-order valence-electron chi connectivity index (χ4n) is 2.87. The maximum Gasteiger partial charge on any atom is 0.500 e. The predicted molar refractivity (Wildman–Crippen MR) is 83.7 cm³/mol. The molecule has 0 amide bonds. The molecule has 0 spiro atoms. The van der Waals surface area contributed by atoms with Crippen molar-refractivity contribution < 1.29 is 13.3 Å².